The van der Waals surface area contributed by atoms with Crippen LogP contribution >= 0.6 is 15.9 Å². The van der Waals surface area contributed by atoms with Crippen molar-refractivity contribution in [2.24, 2.45) is 4.99 Å². The van der Waals surface area contributed by atoms with Crippen LogP contribution in [0.25, 0.3) is 22.2 Å². The number of aromatic nitrogens is 2. The molecule has 46 heavy (non-hydrogen) atoms. The Bertz CT molecular complexity index is 1740. The van der Waals surface area contributed by atoms with Crippen molar-refractivity contribution in [3.8, 4) is 17.1 Å². The summed E-state index contributed by atoms with van der Waals surface area (Å²) in [5.41, 5.74) is 0.348. The highest BCUT2D eigenvalue weighted by molar-refractivity contribution is 9.10. The van der Waals surface area contributed by atoms with Gasteiger partial charge in [0.2, 0.25) is 17.7 Å². The Morgan fingerprint density at radius 2 is 1.67 bits per heavy atom. The molecule has 1 fully saturated rings. The molecule has 0 unspecified atom stereocenters. The predicted octanol–water partition coefficient (Wildman–Crippen LogP) is 8.18. The molecule has 1 aliphatic rings. The number of nitrogens with zero attached hydrogens (tertiary/aromatic N) is 4. The molecular formula is C34H38BrN5O6. The van der Waals surface area contributed by atoms with Crippen molar-refractivity contribution in [1.82, 2.24) is 20.4 Å². The zero-order valence-corrected chi connectivity index (χ0v) is 28.4. The number of ether oxygens (including phenoxy) is 3. The number of likely N-dealkylation sites (tertiary alicyclic amines) is 1. The van der Waals surface area contributed by atoms with Gasteiger partial charge >= 0.3 is 12.2 Å². The molecule has 5 rings (SSSR count). The largest absolute Gasteiger partial charge is 0.489 e. The molecule has 11 nitrogen and oxygen atoms in total. The molecule has 2 heterocycles. The van der Waals surface area contributed by atoms with Crippen molar-refractivity contribution < 1.29 is 28.3 Å². The Hall–Kier alpha value is -4.45. The number of amides is 2. The minimum atomic E-state index is -0.839. The van der Waals surface area contributed by atoms with Crippen molar-refractivity contribution in [3.63, 3.8) is 0 Å². The van der Waals surface area contributed by atoms with Crippen LogP contribution in [0.3, 0.4) is 0 Å². The van der Waals surface area contributed by atoms with Gasteiger partial charge in [-0.3, -0.25) is 5.32 Å². The predicted molar refractivity (Wildman–Crippen MR) is 177 cm³/mol. The van der Waals surface area contributed by atoms with Crippen LogP contribution in [-0.2, 0) is 16.1 Å². The molecule has 0 spiro atoms. The topological polar surface area (TPSA) is 128 Å². The Morgan fingerprint density at radius 1 is 0.978 bits per heavy atom. The van der Waals surface area contributed by atoms with Crippen LogP contribution in [0.2, 0.25) is 0 Å². The summed E-state index contributed by atoms with van der Waals surface area (Å²) in [6.45, 7) is 11.4. The van der Waals surface area contributed by atoms with Gasteiger partial charge in [-0.1, -0.05) is 51.4 Å². The first kappa shape index (κ1) is 32.9. The molecule has 0 bridgehead atoms. The second-order valence-corrected chi connectivity index (χ2v) is 13.9. The first-order valence-corrected chi connectivity index (χ1v) is 15.9. The van der Waals surface area contributed by atoms with Gasteiger partial charge in [-0.2, -0.15) is 4.98 Å². The molecule has 1 atom stereocenters. The molecule has 4 aromatic rings. The van der Waals surface area contributed by atoms with Crippen molar-refractivity contribution >= 4 is 44.8 Å². The summed E-state index contributed by atoms with van der Waals surface area (Å²) < 4.78 is 23.6. The number of aliphatic imine (C=N–C) groups is 1. The van der Waals surface area contributed by atoms with Crippen LogP contribution in [0.15, 0.2) is 74.7 Å². The van der Waals surface area contributed by atoms with Gasteiger partial charge in [0.05, 0.1) is 0 Å². The third-order valence-electron chi connectivity index (χ3n) is 6.84. The van der Waals surface area contributed by atoms with Crippen molar-refractivity contribution in [2.45, 2.75) is 78.2 Å². The molecule has 1 saturated heterocycles. The molecule has 0 aliphatic carbocycles. The Kier molecular flexibility index (Phi) is 9.66. The number of alkyl carbamates (subject to hydrolysis) is 1. The Balaban J connectivity index is 1.33. The fourth-order valence-electron chi connectivity index (χ4n) is 4.89. The molecular weight excluding hydrogens is 654 g/mol. The quantitative estimate of drug-likeness (QED) is 0.163. The number of fused-ring (bicyclic) bond motifs is 1. The smallest absolute Gasteiger partial charge is 0.437 e. The highest BCUT2D eigenvalue weighted by atomic mass is 79.9. The maximum Gasteiger partial charge on any atom is 0.437 e. The normalized spacial score (nSPS) is 15.6. The summed E-state index contributed by atoms with van der Waals surface area (Å²) in [4.78, 5) is 35.9. The lowest BCUT2D eigenvalue weighted by Gasteiger charge is -2.27. The minimum absolute atomic E-state index is 0.00499. The van der Waals surface area contributed by atoms with Gasteiger partial charge in [-0.25, -0.2) is 9.59 Å². The Labute approximate surface area is 276 Å². The summed E-state index contributed by atoms with van der Waals surface area (Å²) >= 11 is 3.45. The lowest BCUT2D eigenvalue weighted by atomic mass is 10.1. The van der Waals surface area contributed by atoms with Crippen LogP contribution in [0, 0.1) is 0 Å². The van der Waals surface area contributed by atoms with Crippen LogP contribution < -0.4 is 10.1 Å². The van der Waals surface area contributed by atoms with E-state index in [1.807, 2.05) is 60.7 Å². The first-order valence-electron chi connectivity index (χ1n) is 15.1. The van der Waals surface area contributed by atoms with Crippen LogP contribution in [0.1, 0.15) is 71.9 Å². The van der Waals surface area contributed by atoms with E-state index in [1.165, 1.54) is 0 Å². The van der Waals surface area contributed by atoms with Gasteiger partial charge in [0.25, 0.3) is 0 Å². The van der Waals surface area contributed by atoms with Gasteiger partial charge in [0.1, 0.15) is 29.6 Å². The molecule has 1 N–H and O–H groups in total. The van der Waals surface area contributed by atoms with Gasteiger partial charge in [-0.05, 0) is 101 Å². The highest BCUT2D eigenvalue weighted by Gasteiger charge is 2.35. The third-order valence-corrected chi connectivity index (χ3v) is 7.37. The molecule has 1 aliphatic heterocycles. The number of rotatable bonds is 5. The monoisotopic (exact) mass is 691 g/mol. The zero-order valence-electron chi connectivity index (χ0n) is 26.8. The standard InChI is InChI=1S/C34H38BrN5O6/c1-33(2,3)44-31(41)37-30(38-32(42)45-34(4,5)6)40-17-7-8-27(40)29-36-28(39-46-29)24-12-11-23-19-26(16-13-22(23)18-24)43-20-21-9-14-25(35)15-10-21/h9-16,18-19,27H,7-8,17,20H2,1-6H3,(H,37,38,41,42)/t27-/m0/s1. The van der Waals surface area contributed by atoms with Crippen molar-refractivity contribution in [2.75, 3.05) is 6.54 Å². The summed E-state index contributed by atoms with van der Waals surface area (Å²) in [5, 5.41) is 8.89. The van der Waals surface area contributed by atoms with Gasteiger partial charge < -0.3 is 23.6 Å². The number of carbonyl (C=O) groups is 2. The van der Waals surface area contributed by atoms with E-state index in [0.717, 1.165) is 38.5 Å². The van der Waals surface area contributed by atoms with Crippen LogP contribution in [0.4, 0.5) is 9.59 Å². The number of carbonyl (C=O) groups excluding carboxylic acids is 2. The molecule has 3 aromatic carbocycles. The lowest BCUT2D eigenvalue weighted by Crippen LogP contribution is -2.46. The minimum Gasteiger partial charge on any atom is -0.489 e. The van der Waals surface area contributed by atoms with Crippen molar-refractivity contribution in [1.29, 1.82) is 0 Å². The maximum atomic E-state index is 12.7. The van der Waals surface area contributed by atoms with Crippen LogP contribution in [-0.4, -0.2) is 50.9 Å². The van der Waals surface area contributed by atoms with Gasteiger partial charge in [-0.15, -0.1) is 4.99 Å². The van der Waals surface area contributed by atoms with E-state index in [-0.39, 0.29) is 5.96 Å². The summed E-state index contributed by atoms with van der Waals surface area (Å²) in [5.74, 6) is 1.53. The summed E-state index contributed by atoms with van der Waals surface area (Å²) in [6, 6.07) is 19.4. The number of hydrogen-bond donors (Lipinski definition) is 1. The average molecular weight is 693 g/mol. The average Bonchev–Trinajstić information content (AvgIpc) is 3.64. The van der Waals surface area contributed by atoms with Gasteiger partial charge in [0, 0.05) is 16.6 Å². The van der Waals surface area contributed by atoms with Crippen LogP contribution in [0.5, 0.6) is 5.75 Å². The SMILES string of the molecule is CC(C)(C)OC(=O)/N=C(\NC(=O)OC(C)(C)C)N1CCC[C@H]1c1nc(-c2ccc3cc(OCc4ccc(Br)cc4)ccc3c2)no1. The van der Waals surface area contributed by atoms with E-state index in [2.05, 4.69) is 31.4 Å². The van der Waals surface area contributed by atoms with E-state index in [4.69, 9.17) is 23.7 Å². The molecule has 0 radical (unpaired) electrons. The molecule has 1 aromatic heterocycles. The first-order chi connectivity index (χ1) is 21.7. The maximum absolute atomic E-state index is 12.7. The summed E-state index contributed by atoms with van der Waals surface area (Å²) in [7, 11) is 0. The Morgan fingerprint density at radius 3 is 2.39 bits per heavy atom. The van der Waals surface area contributed by atoms with E-state index in [9.17, 15) is 9.59 Å². The molecule has 0 saturated carbocycles. The second-order valence-electron chi connectivity index (χ2n) is 13.0. The fourth-order valence-corrected chi connectivity index (χ4v) is 5.16. The zero-order chi connectivity index (χ0) is 33.1. The molecule has 2 amide bonds. The van der Waals surface area contributed by atoms with E-state index in [1.54, 1.807) is 46.4 Å². The lowest BCUT2D eigenvalue weighted by molar-refractivity contribution is 0.0553. The number of benzene rings is 3. The van der Waals surface area contributed by atoms with E-state index >= 15 is 0 Å². The third kappa shape index (κ3) is 8.84. The number of halogens is 1. The summed E-state index contributed by atoms with van der Waals surface area (Å²) in [6.07, 6.45) is -0.196. The number of nitrogens with one attached hydrogen (secondary N) is 1. The fraction of sp³-hybridized carbons (Fsp3) is 0.382. The van der Waals surface area contributed by atoms with E-state index < -0.39 is 29.4 Å². The highest BCUT2D eigenvalue weighted by Crippen LogP contribution is 2.33. The molecule has 242 valence electrons. The van der Waals surface area contributed by atoms with Gasteiger partial charge in [0.15, 0.2) is 0 Å². The number of hydrogen-bond acceptors (Lipinski definition) is 8. The molecule has 12 heteroatoms. The van der Waals surface area contributed by atoms with Crippen molar-refractivity contribution in [3.05, 3.63) is 76.6 Å². The number of guanidine groups is 1. The second kappa shape index (κ2) is 13.5. The van der Waals surface area contributed by atoms with E-state index in [0.29, 0.717) is 31.3 Å².